The van der Waals surface area contributed by atoms with Crippen LogP contribution in [0.3, 0.4) is 0 Å². The van der Waals surface area contributed by atoms with Crippen molar-refractivity contribution in [2.24, 2.45) is 10.7 Å². The molecule has 34 heavy (non-hydrogen) atoms. The molecule has 6 rings (SSSR count). The molecular weight excluding hydrogens is 442 g/mol. The van der Waals surface area contributed by atoms with Gasteiger partial charge in [-0.15, -0.1) is 0 Å². The Morgan fingerprint density at radius 1 is 1.06 bits per heavy atom. The molecule has 3 aromatic rings. The van der Waals surface area contributed by atoms with Crippen LogP contribution in [0.1, 0.15) is 16.7 Å². The Hall–Kier alpha value is -3.72. The second kappa shape index (κ2) is 7.66. The van der Waals surface area contributed by atoms with E-state index in [-0.39, 0.29) is 18.4 Å². The Balaban J connectivity index is 1.54. The summed E-state index contributed by atoms with van der Waals surface area (Å²) in [5, 5.41) is 0. The fourth-order valence-corrected chi connectivity index (χ4v) is 4.82. The van der Waals surface area contributed by atoms with Gasteiger partial charge in [-0.25, -0.2) is 14.4 Å². The number of benzene rings is 2. The summed E-state index contributed by atoms with van der Waals surface area (Å²) in [7, 11) is 0. The maximum atomic E-state index is 15.4. The molecule has 9 heteroatoms. The number of aromatic nitrogens is 1. The molecule has 0 aliphatic carbocycles. The van der Waals surface area contributed by atoms with E-state index in [0.717, 1.165) is 5.56 Å². The number of hydrogen-bond acceptors (Lipinski definition) is 7. The lowest BCUT2D eigenvalue weighted by Gasteiger charge is -2.36. The van der Waals surface area contributed by atoms with Gasteiger partial charge in [0.2, 0.25) is 5.95 Å². The smallest absolute Gasteiger partial charge is 0.283 e. The summed E-state index contributed by atoms with van der Waals surface area (Å²) in [6.45, 7) is 4.35. The molecule has 2 aromatic carbocycles. The van der Waals surface area contributed by atoms with Gasteiger partial charge in [0.25, 0.3) is 6.02 Å². The molecule has 3 aliphatic rings. The van der Waals surface area contributed by atoms with Crippen molar-refractivity contribution in [2.45, 2.75) is 12.5 Å². The quantitative estimate of drug-likeness (QED) is 0.580. The normalized spacial score (nSPS) is 20.9. The van der Waals surface area contributed by atoms with Gasteiger partial charge < -0.3 is 24.8 Å². The van der Waals surface area contributed by atoms with Gasteiger partial charge in [0.15, 0.2) is 17.1 Å². The standard InChI is InChI=1S/C25H22F2N4O3/c1-14-8-17(23(27)29-12-14)15-2-3-21-18(9-15)25(13-33-24(28)30-25)19-10-16(11-20(26)22(19)34-21)31-4-6-32-7-5-31/h2-3,8-12H,4-7,13H2,1H3,(H2,28,30)/t25-/m0/s1. The van der Waals surface area contributed by atoms with Crippen molar-refractivity contribution in [3.05, 3.63) is 71.1 Å². The summed E-state index contributed by atoms with van der Waals surface area (Å²) in [6.07, 6.45) is 1.48. The van der Waals surface area contributed by atoms with Gasteiger partial charge in [0.1, 0.15) is 12.4 Å². The van der Waals surface area contributed by atoms with Crippen LogP contribution in [0.15, 0.2) is 47.6 Å². The maximum absolute atomic E-state index is 15.4. The first-order chi connectivity index (χ1) is 16.4. The molecule has 0 bridgehead atoms. The van der Waals surface area contributed by atoms with E-state index < -0.39 is 17.3 Å². The minimum Gasteiger partial charge on any atom is -0.462 e. The average Bonchev–Trinajstić information content (AvgIpc) is 3.24. The van der Waals surface area contributed by atoms with Crippen LogP contribution in [0.4, 0.5) is 14.5 Å². The van der Waals surface area contributed by atoms with Crippen molar-refractivity contribution in [2.75, 3.05) is 37.8 Å². The molecule has 7 nitrogen and oxygen atoms in total. The zero-order valence-corrected chi connectivity index (χ0v) is 18.5. The van der Waals surface area contributed by atoms with Gasteiger partial charge in [-0.2, -0.15) is 4.39 Å². The van der Waals surface area contributed by atoms with Crippen LogP contribution in [-0.2, 0) is 15.0 Å². The molecule has 0 saturated carbocycles. The van der Waals surface area contributed by atoms with Crippen LogP contribution < -0.4 is 15.4 Å². The van der Waals surface area contributed by atoms with Crippen molar-refractivity contribution in [3.8, 4) is 22.6 Å². The number of nitrogens with two attached hydrogens (primary N) is 1. The fraction of sp³-hybridized carbons (Fsp3) is 0.280. The Bertz CT molecular complexity index is 1340. The van der Waals surface area contributed by atoms with Gasteiger partial charge in [-0.3, -0.25) is 0 Å². The second-order valence-electron chi connectivity index (χ2n) is 8.67. The molecule has 1 fully saturated rings. The number of aliphatic imine (C=N–C) groups is 1. The van der Waals surface area contributed by atoms with Crippen LogP contribution in [0.25, 0.3) is 11.1 Å². The number of amidine groups is 1. The van der Waals surface area contributed by atoms with Crippen LogP contribution in [0, 0.1) is 18.7 Å². The molecule has 1 atom stereocenters. The van der Waals surface area contributed by atoms with Gasteiger partial charge in [-0.1, -0.05) is 6.07 Å². The third-order valence-electron chi connectivity index (χ3n) is 6.50. The highest BCUT2D eigenvalue weighted by molar-refractivity contribution is 5.78. The van der Waals surface area contributed by atoms with Crippen molar-refractivity contribution >= 4 is 11.7 Å². The zero-order valence-electron chi connectivity index (χ0n) is 18.5. The van der Waals surface area contributed by atoms with E-state index >= 15 is 4.39 Å². The van der Waals surface area contributed by atoms with Crippen LogP contribution in [-0.4, -0.2) is 43.9 Å². The summed E-state index contributed by atoms with van der Waals surface area (Å²) < 4.78 is 47.0. The van der Waals surface area contributed by atoms with Crippen LogP contribution in [0.5, 0.6) is 11.5 Å². The lowest BCUT2D eigenvalue weighted by Crippen LogP contribution is -2.37. The summed E-state index contributed by atoms with van der Waals surface area (Å²) in [4.78, 5) is 10.5. The van der Waals surface area contributed by atoms with E-state index in [1.807, 2.05) is 13.0 Å². The number of rotatable bonds is 2. The summed E-state index contributed by atoms with van der Waals surface area (Å²) in [5.41, 5.74) is 8.46. The number of nitrogens with zero attached hydrogens (tertiary/aromatic N) is 3. The summed E-state index contributed by atoms with van der Waals surface area (Å²) in [6, 6.07) is 10.3. The first kappa shape index (κ1) is 20.9. The Labute approximate surface area is 194 Å². The number of aryl methyl sites for hydroxylation is 1. The van der Waals surface area contributed by atoms with Gasteiger partial charge in [0, 0.05) is 47.7 Å². The maximum Gasteiger partial charge on any atom is 0.283 e. The van der Waals surface area contributed by atoms with Gasteiger partial charge >= 0.3 is 0 Å². The average molecular weight is 464 g/mol. The predicted molar refractivity (Wildman–Crippen MR) is 122 cm³/mol. The van der Waals surface area contributed by atoms with E-state index in [0.29, 0.717) is 60.0 Å². The van der Waals surface area contributed by atoms with Crippen LogP contribution in [0.2, 0.25) is 0 Å². The molecule has 3 aliphatic heterocycles. The minimum atomic E-state index is -1.13. The molecule has 0 radical (unpaired) electrons. The molecule has 0 unspecified atom stereocenters. The molecule has 1 spiro atoms. The molecule has 1 aromatic heterocycles. The number of anilines is 1. The lowest BCUT2D eigenvalue weighted by molar-refractivity contribution is 0.122. The molecule has 2 N–H and O–H groups in total. The van der Waals surface area contributed by atoms with Gasteiger partial charge in [0.05, 0.1) is 13.2 Å². The number of pyridine rings is 1. The minimum absolute atomic E-state index is 0.00443. The first-order valence-corrected chi connectivity index (χ1v) is 11.0. The van der Waals surface area contributed by atoms with Crippen molar-refractivity contribution < 1.29 is 23.0 Å². The number of ether oxygens (including phenoxy) is 3. The van der Waals surface area contributed by atoms with E-state index in [4.69, 9.17) is 19.9 Å². The zero-order chi connectivity index (χ0) is 23.4. The highest BCUT2D eigenvalue weighted by Crippen LogP contribution is 2.53. The highest BCUT2D eigenvalue weighted by Gasteiger charge is 2.48. The Morgan fingerprint density at radius 3 is 2.65 bits per heavy atom. The topological polar surface area (TPSA) is 82.2 Å². The number of morpholine rings is 1. The Morgan fingerprint density at radius 2 is 1.88 bits per heavy atom. The van der Waals surface area contributed by atoms with E-state index in [1.165, 1.54) is 12.3 Å². The molecule has 174 valence electrons. The Kier molecular flexibility index (Phi) is 4.70. The van der Waals surface area contributed by atoms with E-state index in [2.05, 4.69) is 14.9 Å². The SMILES string of the molecule is Cc1cnc(F)c(-c2ccc3c(c2)[C@@]2(COC(N)=N2)c2cc(N4CCOCC4)cc(F)c2O3)c1. The largest absolute Gasteiger partial charge is 0.462 e. The predicted octanol–water partition coefficient (Wildman–Crippen LogP) is 3.87. The van der Waals surface area contributed by atoms with Gasteiger partial charge in [-0.05, 0) is 42.3 Å². The van der Waals surface area contributed by atoms with E-state index in [1.54, 1.807) is 24.3 Å². The molecule has 1 saturated heterocycles. The first-order valence-electron chi connectivity index (χ1n) is 11.0. The second-order valence-corrected chi connectivity index (χ2v) is 8.67. The van der Waals surface area contributed by atoms with Crippen molar-refractivity contribution in [3.63, 3.8) is 0 Å². The lowest BCUT2D eigenvalue weighted by atomic mass is 9.80. The monoisotopic (exact) mass is 464 g/mol. The number of halogens is 2. The molecular formula is C25H22F2N4O3. The van der Waals surface area contributed by atoms with Crippen molar-refractivity contribution in [1.29, 1.82) is 0 Å². The van der Waals surface area contributed by atoms with E-state index in [9.17, 15) is 4.39 Å². The number of fused-ring (bicyclic) bond motifs is 4. The summed E-state index contributed by atoms with van der Waals surface area (Å²) >= 11 is 0. The molecule has 0 amide bonds. The third-order valence-corrected chi connectivity index (χ3v) is 6.50. The fourth-order valence-electron chi connectivity index (χ4n) is 4.82. The van der Waals surface area contributed by atoms with Crippen molar-refractivity contribution in [1.82, 2.24) is 4.98 Å². The highest BCUT2D eigenvalue weighted by atomic mass is 19.1. The number of hydrogen-bond donors (Lipinski definition) is 1. The molecule has 4 heterocycles. The third kappa shape index (κ3) is 3.19. The van der Waals surface area contributed by atoms with Crippen LogP contribution >= 0.6 is 0 Å². The summed E-state index contributed by atoms with van der Waals surface area (Å²) in [5.74, 6) is -0.578.